The van der Waals surface area contributed by atoms with Crippen LogP contribution in [0.1, 0.15) is 27.2 Å². The summed E-state index contributed by atoms with van der Waals surface area (Å²) in [6.07, 6.45) is 1.16. The van der Waals surface area contributed by atoms with Crippen LogP contribution >= 0.6 is 0 Å². The van der Waals surface area contributed by atoms with E-state index in [2.05, 4.69) is 41.5 Å². The van der Waals surface area contributed by atoms with Crippen LogP contribution in [0.3, 0.4) is 0 Å². The number of nitrogens with zero attached hydrogens (tertiary/aromatic N) is 4. The van der Waals surface area contributed by atoms with Gasteiger partial charge < -0.3 is 5.32 Å². The van der Waals surface area contributed by atoms with Gasteiger partial charge in [0.25, 0.3) is 0 Å². The second-order valence-electron chi connectivity index (χ2n) is 6.14. The molecular weight excluding hydrogens is 250 g/mol. The molecule has 2 rings (SSSR count). The van der Waals surface area contributed by atoms with E-state index in [0.717, 1.165) is 31.6 Å². The number of rotatable bonds is 6. The van der Waals surface area contributed by atoms with Crippen LogP contribution in [0.25, 0.3) is 11.4 Å². The first-order valence-corrected chi connectivity index (χ1v) is 7.08. The van der Waals surface area contributed by atoms with Crippen LogP contribution in [-0.2, 0) is 6.54 Å². The molecule has 2 aromatic rings. The zero-order valence-corrected chi connectivity index (χ0v) is 12.5. The number of nitrogens with one attached hydrogen (secondary N) is 1. The van der Waals surface area contributed by atoms with E-state index in [1.807, 2.05) is 30.3 Å². The lowest BCUT2D eigenvalue weighted by molar-refractivity contribution is 0.362. The fourth-order valence-electron chi connectivity index (χ4n) is 1.81. The van der Waals surface area contributed by atoms with Crippen molar-refractivity contribution in [1.29, 1.82) is 0 Å². The highest BCUT2D eigenvalue weighted by molar-refractivity contribution is 5.52. The van der Waals surface area contributed by atoms with Gasteiger partial charge in [-0.05, 0) is 23.6 Å². The summed E-state index contributed by atoms with van der Waals surface area (Å²) in [5.74, 6) is 0.681. The quantitative estimate of drug-likeness (QED) is 0.821. The van der Waals surface area contributed by atoms with E-state index >= 15 is 0 Å². The Kier molecular flexibility index (Phi) is 4.84. The lowest BCUT2D eigenvalue weighted by Crippen LogP contribution is -2.25. The van der Waals surface area contributed by atoms with Crippen molar-refractivity contribution in [2.75, 3.05) is 13.1 Å². The Morgan fingerprint density at radius 1 is 1.10 bits per heavy atom. The van der Waals surface area contributed by atoms with Gasteiger partial charge in [0.05, 0.1) is 6.54 Å². The molecule has 0 fully saturated rings. The summed E-state index contributed by atoms with van der Waals surface area (Å²) >= 11 is 0. The Morgan fingerprint density at radius 3 is 2.55 bits per heavy atom. The lowest BCUT2D eigenvalue weighted by atomic mass is 9.92. The van der Waals surface area contributed by atoms with Crippen molar-refractivity contribution in [2.45, 2.75) is 33.7 Å². The van der Waals surface area contributed by atoms with Crippen molar-refractivity contribution >= 4 is 0 Å². The summed E-state index contributed by atoms with van der Waals surface area (Å²) in [5.41, 5.74) is 1.37. The predicted molar refractivity (Wildman–Crippen MR) is 80.2 cm³/mol. The molecule has 0 atom stereocenters. The van der Waals surface area contributed by atoms with Crippen LogP contribution in [0, 0.1) is 5.41 Å². The maximum absolute atomic E-state index is 4.38. The topological polar surface area (TPSA) is 55.6 Å². The molecule has 1 aromatic carbocycles. The van der Waals surface area contributed by atoms with Crippen LogP contribution in [-0.4, -0.2) is 33.3 Å². The minimum Gasteiger partial charge on any atom is -0.315 e. The Morgan fingerprint density at radius 2 is 1.85 bits per heavy atom. The third-order valence-corrected chi connectivity index (χ3v) is 3.03. The Labute approximate surface area is 120 Å². The van der Waals surface area contributed by atoms with Crippen molar-refractivity contribution in [2.24, 2.45) is 5.41 Å². The summed E-state index contributed by atoms with van der Waals surface area (Å²) in [4.78, 5) is 1.65. The maximum Gasteiger partial charge on any atom is 0.204 e. The smallest absolute Gasteiger partial charge is 0.204 e. The molecule has 0 aliphatic carbocycles. The molecule has 1 aromatic heterocycles. The highest BCUT2D eigenvalue weighted by Gasteiger charge is 2.09. The number of hydrogen-bond donors (Lipinski definition) is 1. The molecule has 1 heterocycles. The molecule has 20 heavy (non-hydrogen) atoms. The fraction of sp³-hybridized carbons (Fsp3) is 0.533. The van der Waals surface area contributed by atoms with Crippen molar-refractivity contribution in [3.8, 4) is 11.4 Å². The summed E-state index contributed by atoms with van der Waals surface area (Å²) in [7, 11) is 0. The second-order valence-corrected chi connectivity index (χ2v) is 6.14. The Bertz CT molecular complexity index is 513. The molecule has 0 aliphatic heterocycles. The SMILES string of the molecule is CC(C)(C)CCNCCn1nnc(-c2ccccc2)n1. The first-order valence-electron chi connectivity index (χ1n) is 7.08. The van der Waals surface area contributed by atoms with E-state index in [4.69, 9.17) is 0 Å². The summed E-state index contributed by atoms with van der Waals surface area (Å²) in [5, 5.41) is 15.9. The van der Waals surface area contributed by atoms with Crippen molar-refractivity contribution in [1.82, 2.24) is 25.5 Å². The zero-order chi connectivity index (χ0) is 14.4. The van der Waals surface area contributed by atoms with E-state index in [1.54, 1.807) is 4.80 Å². The minimum atomic E-state index is 0.374. The van der Waals surface area contributed by atoms with Gasteiger partial charge in [-0.15, -0.1) is 10.2 Å². The monoisotopic (exact) mass is 273 g/mol. The molecule has 5 heteroatoms. The van der Waals surface area contributed by atoms with Gasteiger partial charge in [0, 0.05) is 12.1 Å². The van der Waals surface area contributed by atoms with Crippen molar-refractivity contribution in [3.05, 3.63) is 30.3 Å². The first-order chi connectivity index (χ1) is 9.54. The lowest BCUT2D eigenvalue weighted by Gasteiger charge is -2.17. The molecule has 1 N–H and O–H groups in total. The average molecular weight is 273 g/mol. The summed E-state index contributed by atoms with van der Waals surface area (Å²) < 4.78 is 0. The molecule has 0 bridgehead atoms. The number of tetrazole rings is 1. The molecule has 0 spiro atoms. The largest absolute Gasteiger partial charge is 0.315 e. The van der Waals surface area contributed by atoms with Gasteiger partial charge in [0.2, 0.25) is 5.82 Å². The molecular formula is C15H23N5. The number of hydrogen-bond acceptors (Lipinski definition) is 4. The van der Waals surface area contributed by atoms with E-state index in [-0.39, 0.29) is 0 Å². The molecule has 0 saturated heterocycles. The molecule has 0 radical (unpaired) electrons. The van der Waals surface area contributed by atoms with Crippen molar-refractivity contribution < 1.29 is 0 Å². The average Bonchev–Trinajstić information content (AvgIpc) is 2.87. The van der Waals surface area contributed by atoms with E-state index in [1.165, 1.54) is 0 Å². The summed E-state index contributed by atoms with van der Waals surface area (Å²) in [6.45, 7) is 9.37. The second kappa shape index (κ2) is 6.61. The standard InChI is InChI=1S/C15H23N5/c1-15(2,3)9-10-16-11-12-20-18-14(17-19-20)13-7-5-4-6-8-13/h4-8,16H,9-12H2,1-3H3. The van der Waals surface area contributed by atoms with Crippen LogP contribution in [0.5, 0.6) is 0 Å². The Hall–Kier alpha value is -1.75. The highest BCUT2D eigenvalue weighted by Crippen LogP contribution is 2.16. The van der Waals surface area contributed by atoms with Crippen LogP contribution in [0.4, 0.5) is 0 Å². The molecule has 0 amide bonds. The summed E-state index contributed by atoms with van der Waals surface area (Å²) in [6, 6.07) is 9.91. The highest BCUT2D eigenvalue weighted by atomic mass is 15.6. The third-order valence-electron chi connectivity index (χ3n) is 3.03. The van der Waals surface area contributed by atoms with Crippen LogP contribution in [0.2, 0.25) is 0 Å². The van der Waals surface area contributed by atoms with Gasteiger partial charge in [-0.25, -0.2) is 0 Å². The molecule has 108 valence electrons. The van der Waals surface area contributed by atoms with Crippen molar-refractivity contribution in [3.63, 3.8) is 0 Å². The molecule has 0 saturated carbocycles. The molecule has 5 nitrogen and oxygen atoms in total. The third kappa shape index (κ3) is 4.74. The van der Waals surface area contributed by atoms with Gasteiger partial charge in [-0.3, -0.25) is 0 Å². The first kappa shape index (κ1) is 14.7. The van der Waals surface area contributed by atoms with E-state index in [0.29, 0.717) is 11.2 Å². The molecule has 0 aliphatic rings. The number of aromatic nitrogens is 4. The van der Waals surface area contributed by atoms with E-state index in [9.17, 15) is 0 Å². The van der Waals surface area contributed by atoms with Gasteiger partial charge in [0.1, 0.15) is 0 Å². The molecule has 0 unspecified atom stereocenters. The minimum absolute atomic E-state index is 0.374. The van der Waals surface area contributed by atoms with Gasteiger partial charge >= 0.3 is 0 Å². The zero-order valence-electron chi connectivity index (χ0n) is 12.5. The number of benzene rings is 1. The van der Waals surface area contributed by atoms with Gasteiger partial charge in [-0.1, -0.05) is 51.1 Å². The normalized spacial score (nSPS) is 11.8. The van der Waals surface area contributed by atoms with Crippen LogP contribution in [0.15, 0.2) is 30.3 Å². The van der Waals surface area contributed by atoms with Gasteiger partial charge in [0.15, 0.2) is 0 Å². The van der Waals surface area contributed by atoms with Crippen LogP contribution < -0.4 is 5.32 Å². The predicted octanol–water partition coefficient (Wildman–Crippen LogP) is 2.37. The maximum atomic E-state index is 4.38. The fourth-order valence-corrected chi connectivity index (χ4v) is 1.81. The Balaban J connectivity index is 1.76. The van der Waals surface area contributed by atoms with E-state index < -0.39 is 0 Å². The van der Waals surface area contributed by atoms with Gasteiger partial charge in [-0.2, -0.15) is 4.80 Å².